The molecular formula is C29H31Cl2N7O. The smallest absolute Gasteiger partial charge is 0.238 e. The number of hydrogen-bond acceptors (Lipinski definition) is 7. The van der Waals surface area contributed by atoms with E-state index in [9.17, 15) is 5.26 Å². The highest BCUT2D eigenvalue weighted by atomic mass is 35.5. The van der Waals surface area contributed by atoms with E-state index in [4.69, 9.17) is 27.9 Å². The van der Waals surface area contributed by atoms with Gasteiger partial charge in [0.25, 0.3) is 0 Å². The minimum Gasteiger partial charge on any atom is -0.480 e. The van der Waals surface area contributed by atoms with Crippen molar-refractivity contribution in [2.24, 2.45) is 5.41 Å². The Hall–Kier alpha value is -3.54. The summed E-state index contributed by atoms with van der Waals surface area (Å²) in [5.41, 5.74) is 3.78. The van der Waals surface area contributed by atoms with Crippen LogP contribution < -0.4 is 15.4 Å². The molecule has 4 aromatic rings. The van der Waals surface area contributed by atoms with Crippen LogP contribution in [-0.4, -0.2) is 33.6 Å². The highest BCUT2D eigenvalue weighted by Crippen LogP contribution is 2.47. The first-order valence-electron chi connectivity index (χ1n) is 12.8. The zero-order valence-electron chi connectivity index (χ0n) is 22.6. The molecule has 0 unspecified atom stereocenters. The average molecular weight is 565 g/mol. The van der Waals surface area contributed by atoms with E-state index in [2.05, 4.69) is 59.7 Å². The Morgan fingerprint density at radius 1 is 1.18 bits per heavy atom. The monoisotopic (exact) mass is 563 g/mol. The van der Waals surface area contributed by atoms with E-state index in [0.29, 0.717) is 50.6 Å². The summed E-state index contributed by atoms with van der Waals surface area (Å²) in [6.45, 7) is 9.20. The Morgan fingerprint density at radius 2 is 1.92 bits per heavy atom. The van der Waals surface area contributed by atoms with Gasteiger partial charge in [-0.2, -0.15) is 5.26 Å². The fourth-order valence-electron chi connectivity index (χ4n) is 4.54. The summed E-state index contributed by atoms with van der Waals surface area (Å²) in [5, 5.41) is 27.7. The van der Waals surface area contributed by atoms with Crippen LogP contribution in [0.3, 0.4) is 0 Å². The molecule has 10 heteroatoms. The lowest BCUT2D eigenvalue weighted by Gasteiger charge is -2.23. The van der Waals surface area contributed by atoms with E-state index < -0.39 is 6.04 Å². The largest absolute Gasteiger partial charge is 0.480 e. The molecule has 8 nitrogen and oxygen atoms in total. The first-order chi connectivity index (χ1) is 18.5. The number of nitrogens with one attached hydrogen (secondary N) is 2. The maximum Gasteiger partial charge on any atom is 0.238 e. The second kappa shape index (κ2) is 10.2. The number of fused-ring (bicyclic) bond motifs is 1. The highest BCUT2D eigenvalue weighted by molar-refractivity contribution is 6.36. The minimum atomic E-state index is -0.489. The minimum absolute atomic E-state index is 0.00228. The van der Waals surface area contributed by atoms with Gasteiger partial charge >= 0.3 is 0 Å². The molecule has 0 spiro atoms. The van der Waals surface area contributed by atoms with Crippen molar-refractivity contribution in [3.05, 3.63) is 69.5 Å². The predicted octanol–water partition coefficient (Wildman–Crippen LogP) is 7.18. The summed E-state index contributed by atoms with van der Waals surface area (Å²) in [6, 6.07) is 13.1. The summed E-state index contributed by atoms with van der Waals surface area (Å²) in [5.74, 6) is 0.584. The quantitative estimate of drug-likeness (QED) is 0.234. The molecule has 0 radical (unpaired) electrons. The number of aromatic nitrogens is 4. The van der Waals surface area contributed by atoms with Crippen LogP contribution in [0.2, 0.25) is 10.0 Å². The van der Waals surface area contributed by atoms with Crippen molar-refractivity contribution in [3.8, 4) is 11.9 Å². The van der Waals surface area contributed by atoms with Crippen molar-refractivity contribution in [1.82, 2.24) is 20.0 Å². The third-order valence-corrected chi connectivity index (χ3v) is 7.61. The third kappa shape index (κ3) is 5.34. The number of nitriles is 1. The second-order valence-electron chi connectivity index (χ2n) is 11.4. The summed E-state index contributed by atoms with van der Waals surface area (Å²) in [4.78, 5) is 4.48. The fourth-order valence-corrected chi connectivity index (χ4v) is 5.06. The zero-order chi connectivity index (χ0) is 27.9. The number of methoxy groups -OCH3 is 1. The van der Waals surface area contributed by atoms with Crippen LogP contribution in [0.5, 0.6) is 5.88 Å². The van der Waals surface area contributed by atoms with Gasteiger partial charge in [-0.3, -0.25) is 4.98 Å². The molecule has 2 N–H and O–H groups in total. The van der Waals surface area contributed by atoms with Crippen LogP contribution in [0.25, 0.3) is 10.9 Å². The molecule has 0 bridgehead atoms. The molecule has 2 heterocycles. The van der Waals surface area contributed by atoms with E-state index in [1.54, 1.807) is 13.3 Å². The molecule has 39 heavy (non-hydrogen) atoms. The van der Waals surface area contributed by atoms with Crippen LogP contribution >= 0.6 is 23.2 Å². The normalized spacial score (nSPS) is 15.0. The van der Waals surface area contributed by atoms with Gasteiger partial charge in [-0.05, 0) is 48.9 Å². The van der Waals surface area contributed by atoms with Crippen LogP contribution in [0, 0.1) is 16.7 Å². The maximum atomic E-state index is 9.83. The van der Waals surface area contributed by atoms with Crippen LogP contribution in [-0.2, 0) is 5.54 Å². The van der Waals surface area contributed by atoms with Crippen LogP contribution in [0.15, 0.2) is 42.6 Å². The van der Waals surface area contributed by atoms with Gasteiger partial charge in [0.2, 0.25) is 5.88 Å². The molecule has 1 atom stereocenters. The van der Waals surface area contributed by atoms with Crippen molar-refractivity contribution in [1.29, 1.82) is 5.26 Å². The number of anilines is 2. The number of halogens is 2. The zero-order valence-corrected chi connectivity index (χ0v) is 24.2. The first-order valence-corrected chi connectivity index (χ1v) is 13.6. The summed E-state index contributed by atoms with van der Waals surface area (Å²) in [7, 11) is 1.63. The molecule has 2 aromatic carbocycles. The topological polar surface area (TPSA) is 101 Å². The number of benzene rings is 2. The van der Waals surface area contributed by atoms with E-state index in [0.717, 1.165) is 23.8 Å². The van der Waals surface area contributed by atoms with Gasteiger partial charge in [-0.1, -0.05) is 67.4 Å². The van der Waals surface area contributed by atoms with E-state index in [1.807, 2.05) is 41.1 Å². The summed E-state index contributed by atoms with van der Waals surface area (Å²) in [6.07, 6.45) is 3.57. The molecular weight excluding hydrogens is 533 g/mol. The maximum absolute atomic E-state index is 9.83. The van der Waals surface area contributed by atoms with Gasteiger partial charge in [0.05, 0.1) is 34.4 Å². The molecule has 0 saturated heterocycles. The second-order valence-corrected chi connectivity index (χ2v) is 12.2. The highest BCUT2D eigenvalue weighted by Gasteiger charge is 2.44. The average Bonchev–Trinajstić information content (AvgIpc) is 3.49. The molecule has 1 saturated carbocycles. The van der Waals surface area contributed by atoms with Gasteiger partial charge in [0.1, 0.15) is 12.1 Å². The van der Waals surface area contributed by atoms with Gasteiger partial charge < -0.3 is 15.4 Å². The standard InChI is InChI=1S/C29H31Cl2N7O/c1-28(2,3)16-34-23-17(14-32)15-33-24-20(23)12-18(13-22(24)31)35-25(19-8-6-7-9-21(19)30)26-27(39-5)38(37-36-26)29(4)10-11-29/h6-9,12-13,15,25,35H,10-11,16H2,1-5H3,(H,33,34)/t25-/m0/s1. The van der Waals surface area contributed by atoms with Gasteiger partial charge in [0.15, 0.2) is 5.69 Å². The Balaban J connectivity index is 1.64. The molecule has 1 aliphatic rings. The van der Waals surface area contributed by atoms with Crippen molar-refractivity contribution < 1.29 is 4.74 Å². The van der Waals surface area contributed by atoms with Gasteiger partial charge in [0, 0.05) is 28.8 Å². The number of pyridine rings is 1. The van der Waals surface area contributed by atoms with Crippen LogP contribution in [0.1, 0.15) is 63.4 Å². The van der Waals surface area contributed by atoms with Gasteiger partial charge in [-0.15, -0.1) is 5.10 Å². The first kappa shape index (κ1) is 27.0. The van der Waals surface area contributed by atoms with Gasteiger partial charge in [-0.25, -0.2) is 4.68 Å². The predicted molar refractivity (Wildman–Crippen MR) is 156 cm³/mol. The Bertz CT molecular complexity index is 1580. The summed E-state index contributed by atoms with van der Waals surface area (Å²) < 4.78 is 7.70. The van der Waals surface area contributed by atoms with E-state index >= 15 is 0 Å². The van der Waals surface area contributed by atoms with Crippen LogP contribution in [0.4, 0.5) is 11.4 Å². The lowest BCUT2D eigenvalue weighted by atomic mass is 9.96. The molecule has 5 rings (SSSR count). The van der Waals surface area contributed by atoms with E-state index in [-0.39, 0.29) is 11.0 Å². The van der Waals surface area contributed by atoms with Crippen molar-refractivity contribution in [3.63, 3.8) is 0 Å². The lowest BCUT2D eigenvalue weighted by Crippen LogP contribution is -2.20. The lowest BCUT2D eigenvalue weighted by molar-refractivity contribution is 0.324. The molecule has 1 aliphatic carbocycles. The number of rotatable bonds is 8. The Morgan fingerprint density at radius 3 is 2.56 bits per heavy atom. The molecule has 2 aromatic heterocycles. The van der Waals surface area contributed by atoms with Crippen molar-refractivity contribution in [2.45, 2.75) is 52.1 Å². The number of nitrogens with zero attached hydrogens (tertiary/aromatic N) is 5. The third-order valence-electron chi connectivity index (χ3n) is 6.97. The molecule has 1 fully saturated rings. The molecule has 0 aliphatic heterocycles. The van der Waals surface area contributed by atoms with Crippen molar-refractivity contribution in [2.75, 3.05) is 24.3 Å². The number of hydrogen-bond donors (Lipinski definition) is 2. The van der Waals surface area contributed by atoms with E-state index in [1.165, 1.54) is 0 Å². The Kier molecular flexibility index (Phi) is 7.08. The molecule has 0 amide bonds. The SMILES string of the molecule is COc1c([C@@H](Nc2cc(Cl)c3ncc(C#N)c(NCC(C)(C)C)c3c2)c2ccccc2Cl)nnn1C1(C)CC1. The fraction of sp³-hybridized carbons (Fsp3) is 0.379. The summed E-state index contributed by atoms with van der Waals surface area (Å²) >= 11 is 13.5. The number of ether oxygens (including phenoxy) is 1. The Labute approximate surface area is 238 Å². The molecule has 202 valence electrons. The van der Waals surface area contributed by atoms with Crippen molar-refractivity contribution >= 4 is 45.5 Å².